The van der Waals surface area contributed by atoms with Gasteiger partial charge in [0.25, 0.3) is 0 Å². The van der Waals surface area contributed by atoms with E-state index in [1.165, 1.54) is 35.8 Å². The Morgan fingerprint density at radius 1 is 0.865 bits per heavy atom. The van der Waals surface area contributed by atoms with E-state index in [0.29, 0.717) is 5.52 Å². The number of fused-ring (bicyclic) bond motifs is 1. The van der Waals surface area contributed by atoms with E-state index in [-0.39, 0.29) is 29.3 Å². The Hall–Kier alpha value is -3.84. The van der Waals surface area contributed by atoms with Crippen LogP contribution in [0.2, 0.25) is 0 Å². The molecule has 0 atom stereocenters. The summed E-state index contributed by atoms with van der Waals surface area (Å²) in [5.74, 6) is -0.867. The largest absolute Gasteiger partial charge is 0.336 e. The average molecular weight is 502 g/mol. The zero-order chi connectivity index (χ0) is 25.9. The van der Waals surface area contributed by atoms with Gasteiger partial charge in [-0.1, -0.05) is 42.5 Å². The first kappa shape index (κ1) is 24.8. The number of hydrogen-bond donors (Lipinski definition) is 0. The van der Waals surface area contributed by atoms with E-state index >= 15 is 0 Å². The van der Waals surface area contributed by atoms with Gasteiger partial charge in [-0.25, -0.2) is 18.1 Å². The molecule has 0 spiro atoms. The molecule has 7 heteroatoms. The second kappa shape index (κ2) is 10.6. The molecule has 0 amide bonds. The van der Waals surface area contributed by atoms with Crippen LogP contribution in [0.3, 0.4) is 0 Å². The van der Waals surface area contributed by atoms with Crippen LogP contribution in [0.15, 0.2) is 83.7 Å². The van der Waals surface area contributed by atoms with E-state index in [4.69, 9.17) is 0 Å². The quantitative estimate of drug-likeness (QED) is 0.331. The van der Waals surface area contributed by atoms with Gasteiger partial charge >= 0.3 is 5.69 Å². The third kappa shape index (κ3) is 5.18. The number of aromatic nitrogens is 2. The van der Waals surface area contributed by atoms with Crippen molar-refractivity contribution in [1.29, 1.82) is 0 Å². The minimum absolute atomic E-state index is 0.0405. The number of imidazole rings is 1. The number of para-hydroxylation sites is 2. The highest BCUT2D eigenvalue weighted by Crippen LogP contribution is 2.27. The maximum absolute atomic E-state index is 13.5. The van der Waals surface area contributed by atoms with Crippen LogP contribution in [0.25, 0.3) is 16.6 Å². The fraction of sp³-hybridized carbons (Fsp3) is 0.267. The van der Waals surface area contributed by atoms with Crippen LogP contribution in [0.4, 0.5) is 8.78 Å². The van der Waals surface area contributed by atoms with E-state index < -0.39 is 0 Å². The summed E-state index contributed by atoms with van der Waals surface area (Å²) in [6.07, 6.45) is 4.53. The Morgan fingerprint density at radius 3 is 1.95 bits per heavy atom. The minimum atomic E-state index is -0.296. The lowest BCUT2D eigenvalue weighted by Crippen LogP contribution is -2.38. The molecule has 1 fully saturated rings. The normalized spacial score (nSPS) is 14.7. The second-order valence-electron chi connectivity index (χ2n) is 9.49. The third-order valence-corrected chi connectivity index (χ3v) is 7.12. The van der Waals surface area contributed by atoms with Crippen molar-refractivity contribution in [2.75, 3.05) is 19.6 Å². The number of piperidine rings is 1. The lowest BCUT2D eigenvalue weighted by Gasteiger charge is -2.32. The summed E-state index contributed by atoms with van der Waals surface area (Å²) in [6.45, 7) is 3.93. The van der Waals surface area contributed by atoms with Crippen molar-refractivity contribution in [2.45, 2.75) is 32.2 Å². The molecule has 1 aliphatic heterocycles. The molecule has 5 rings (SSSR count). The smallest absolute Gasteiger partial charge is 0.303 e. The zero-order valence-electron chi connectivity index (χ0n) is 20.7. The predicted octanol–water partition coefficient (Wildman–Crippen LogP) is 5.90. The molecular formula is C30H29F2N3O2. The molecule has 190 valence electrons. The number of hydrogen-bond acceptors (Lipinski definition) is 3. The number of carbonyl (C=O) groups is 1. The minimum Gasteiger partial charge on any atom is -0.303 e. The molecule has 1 aromatic heterocycles. The molecule has 0 saturated carbocycles. The first-order valence-electron chi connectivity index (χ1n) is 12.6. The summed E-state index contributed by atoms with van der Waals surface area (Å²) in [4.78, 5) is 27.6. The summed E-state index contributed by atoms with van der Waals surface area (Å²) in [5, 5.41) is 0. The first-order chi connectivity index (χ1) is 17.9. The van der Waals surface area contributed by atoms with Crippen LogP contribution < -0.4 is 5.69 Å². The lowest BCUT2D eigenvalue weighted by atomic mass is 9.96. The molecule has 1 saturated heterocycles. The van der Waals surface area contributed by atoms with Crippen LogP contribution in [0.5, 0.6) is 0 Å². The van der Waals surface area contributed by atoms with Gasteiger partial charge in [-0.05, 0) is 72.4 Å². The monoisotopic (exact) mass is 501 g/mol. The first-order valence-corrected chi connectivity index (χ1v) is 12.6. The Labute approximate surface area is 214 Å². The summed E-state index contributed by atoms with van der Waals surface area (Å²) in [6, 6.07) is 20.2. The molecule has 0 bridgehead atoms. The standard InChI is InChI=1S/C30H29F2N3O2/c1-21(36)34-28-6-2-3-7-29(28)35(30(34)37)26-16-19-33(20-17-26)18-4-5-27(22-8-12-24(31)13-9-22)23-10-14-25(32)15-11-23/h2-3,5-15,26H,4,16-20H2,1H3. The van der Waals surface area contributed by atoms with Gasteiger partial charge in [0.2, 0.25) is 5.91 Å². The van der Waals surface area contributed by atoms with Gasteiger partial charge in [0.05, 0.1) is 11.0 Å². The van der Waals surface area contributed by atoms with Crippen molar-refractivity contribution in [2.24, 2.45) is 0 Å². The summed E-state index contributed by atoms with van der Waals surface area (Å²) < 4.78 is 30.0. The molecule has 37 heavy (non-hydrogen) atoms. The van der Waals surface area contributed by atoms with Crippen LogP contribution in [-0.2, 0) is 0 Å². The molecule has 4 aromatic rings. The van der Waals surface area contributed by atoms with E-state index in [0.717, 1.165) is 61.1 Å². The summed E-state index contributed by atoms with van der Waals surface area (Å²) in [7, 11) is 0. The molecule has 5 nitrogen and oxygen atoms in total. The zero-order valence-corrected chi connectivity index (χ0v) is 20.7. The van der Waals surface area contributed by atoms with Crippen molar-refractivity contribution >= 4 is 22.5 Å². The van der Waals surface area contributed by atoms with Crippen molar-refractivity contribution in [3.05, 3.63) is 112 Å². The predicted molar refractivity (Wildman–Crippen MR) is 142 cm³/mol. The molecular weight excluding hydrogens is 472 g/mol. The fourth-order valence-corrected chi connectivity index (χ4v) is 5.28. The number of carbonyl (C=O) groups excluding carboxylic acids is 1. The third-order valence-electron chi connectivity index (χ3n) is 7.12. The number of rotatable bonds is 6. The molecule has 0 radical (unpaired) electrons. The van der Waals surface area contributed by atoms with Gasteiger partial charge in [-0.2, -0.15) is 0 Å². The van der Waals surface area contributed by atoms with E-state index in [2.05, 4.69) is 11.0 Å². The topological polar surface area (TPSA) is 47.2 Å². The van der Waals surface area contributed by atoms with E-state index in [9.17, 15) is 18.4 Å². The average Bonchev–Trinajstić information content (AvgIpc) is 3.20. The SMILES string of the molecule is CC(=O)n1c(=O)n(C2CCN(CCC=C(c3ccc(F)cc3)c3ccc(F)cc3)CC2)c2ccccc21. The Kier molecular flexibility index (Phi) is 7.15. The van der Waals surface area contributed by atoms with Gasteiger partial charge in [-0.3, -0.25) is 9.36 Å². The van der Waals surface area contributed by atoms with E-state index in [1.807, 2.05) is 24.3 Å². The summed E-state index contributed by atoms with van der Waals surface area (Å²) in [5.41, 5.74) is 3.90. The number of halogens is 2. The molecule has 0 unspecified atom stereocenters. The Bertz CT molecular complexity index is 1450. The van der Waals surface area contributed by atoms with Gasteiger partial charge in [0.15, 0.2) is 0 Å². The lowest BCUT2D eigenvalue weighted by molar-refractivity contribution is 0.0935. The maximum Gasteiger partial charge on any atom is 0.336 e. The molecule has 0 N–H and O–H groups in total. The van der Waals surface area contributed by atoms with E-state index in [1.54, 1.807) is 28.8 Å². The van der Waals surface area contributed by atoms with Gasteiger partial charge < -0.3 is 4.90 Å². The molecule has 1 aliphatic rings. The number of nitrogens with zero attached hydrogens (tertiary/aromatic N) is 3. The van der Waals surface area contributed by atoms with Gasteiger partial charge in [-0.15, -0.1) is 0 Å². The molecule has 2 heterocycles. The van der Waals surface area contributed by atoms with Crippen molar-refractivity contribution in [3.8, 4) is 0 Å². The van der Waals surface area contributed by atoms with Crippen LogP contribution in [-0.4, -0.2) is 39.6 Å². The van der Waals surface area contributed by atoms with Crippen molar-refractivity contribution in [1.82, 2.24) is 14.0 Å². The van der Waals surface area contributed by atoms with Crippen LogP contribution in [0.1, 0.15) is 48.1 Å². The fourth-order valence-electron chi connectivity index (χ4n) is 5.28. The maximum atomic E-state index is 13.5. The van der Waals surface area contributed by atoms with Crippen molar-refractivity contribution < 1.29 is 13.6 Å². The Morgan fingerprint density at radius 2 is 1.41 bits per heavy atom. The second-order valence-corrected chi connectivity index (χ2v) is 9.49. The highest BCUT2D eigenvalue weighted by atomic mass is 19.1. The molecule has 0 aliphatic carbocycles. The number of benzene rings is 3. The Balaban J connectivity index is 1.29. The highest BCUT2D eigenvalue weighted by Gasteiger charge is 2.25. The highest BCUT2D eigenvalue weighted by molar-refractivity contribution is 5.89. The van der Waals surface area contributed by atoms with Crippen LogP contribution >= 0.6 is 0 Å². The van der Waals surface area contributed by atoms with Gasteiger partial charge in [0.1, 0.15) is 11.6 Å². The summed E-state index contributed by atoms with van der Waals surface area (Å²) >= 11 is 0. The van der Waals surface area contributed by atoms with Crippen molar-refractivity contribution in [3.63, 3.8) is 0 Å². The molecule has 3 aromatic carbocycles. The van der Waals surface area contributed by atoms with Gasteiger partial charge in [0, 0.05) is 32.6 Å². The number of likely N-dealkylation sites (tertiary alicyclic amines) is 1. The van der Waals surface area contributed by atoms with Crippen LogP contribution in [0, 0.1) is 11.6 Å².